The maximum Gasteiger partial charge on any atom is 0.138 e. The van der Waals surface area contributed by atoms with Gasteiger partial charge in [0.15, 0.2) is 0 Å². The number of fused-ring (bicyclic) bond motifs is 1. The predicted molar refractivity (Wildman–Crippen MR) is 82.5 cm³/mol. The third-order valence-electron chi connectivity index (χ3n) is 3.28. The van der Waals surface area contributed by atoms with Crippen LogP contribution in [0.2, 0.25) is 0 Å². The first kappa shape index (κ1) is 13.7. The molecule has 0 saturated carbocycles. The van der Waals surface area contributed by atoms with E-state index >= 15 is 0 Å². The molecule has 3 aromatic rings. The van der Waals surface area contributed by atoms with Crippen molar-refractivity contribution in [3.05, 3.63) is 65.9 Å². The quantitative estimate of drug-likeness (QED) is 0.775. The molecular formula is C18H18O3. The Balaban J connectivity index is 1.85. The highest BCUT2D eigenvalue weighted by Gasteiger charge is 2.15. The summed E-state index contributed by atoms with van der Waals surface area (Å²) >= 11 is 0. The summed E-state index contributed by atoms with van der Waals surface area (Å²) < 4.78 is 11.3. The average Bonchev–Trinajstić information content (AvgIpc) is 2.90. The lowest BCUT2D eigenvalue weighted by atomic mass is 10.1. The Morgan fingerprint density at radius 2 is 1.71 bits per heavy atom. The molecule has 0 aliphatic rings. The molecule has 0 fully saturated rings. The molecule has 1 heterocycles. The molecule has 3 nitrogen and oxygen atoms in total. The highest BCUT2D eigenvalue weighted by atomic mass is 16.5. The van der Waals surface area contributed by atoms with Gasteiger partial charge in [-0.2, -0.15) is 0 Å². The second-order valence-electron chi connectivity index (χ2n) is 5.32. The maximum atomic E-state index is 10.4. The van der Waals surface area contributed by atoms with Crippen LogP contribution < -0.4 is 4.74 Å². The van der Waals surface area contributed by atoms with E-state index in [1.807, 2.05) is 68.4 Å². The molecule has 108 valence electrons. The van der Waals surface area contributed by atoms with E-state index in [9.17, 15) is 5.11 Å². The summed E-state index contributed by atoms with van der Waals surface area (Å²) in [6, 6.07) is 17.0. The first-order valence-electron chi connectivity index (χ1n) is 7.06. The number of hydrogen-bond donors (Lipinski definition) is 1. The normalized spacial score (nSPS) is 12.8. The second kappa shape index (κ2) is 5.62. The van der Waals surface area contributed by atoms with Crippen LogP contribution in [0.4, 0.5) is 0 Å². The van der Waals surface area contributed by atoms with Crippen LogP contribution in [0.5, 0.6) is 5.75 Å². The van der Waals surface area contributed by atoms with Crippen molar-refractivity contribution in [2.45, 2.75) is 26.1 Å². The highest BCUT2D eigenvalue weighted by Crippen LogP contribution is 2.29. The molecule has 0 aliphatic carbocycles. The smallest absolute Gasteiger partial charge is 0.138 e. The fraction of sp³-hybridized carbons (Fsp3) is 0.222. The van der Waals surface area contributed by atoms with Crippen molar-refractivity contribution in [1.29, 1.82) is 0 Å². The van der Waals surface area contributed by atoms with Crippen LogP contribution in [0.1, 0.15) is 31.3 Å². The molecule has 0 spiro atoms. The van der Waals surface area contributed by atoms with E-state index < -0.39 is 6.10 Å². The molecule has 0 saturated heterocycles. The van der Waals surface area contributed by atoms with Crippen molar-refractivity contribution >= 4 is 11.0 Å². The summed E-state index contributed by atoms with van der Waals surface area (Å²) in [7, 11) is 0. The fourth-order valence-electron chi connectivity index (χ4n) is 2.30. The molecule has 21 heavy (non-hydrogen) atoms. The lowest BCUT2D eigenvalue weighted by Crippen LogP contribution is -2.05. The molecule has 1 unspecified atom stereocenters. The third-order valence-corrected chi connectivity index (χ3v) is 3.28. The first-order chi connectivity index (χ1) is 10.1. The number of hydrogen-bond acceptors (Lipinski definition) is 3. The summed E-state index contributed by atoms with van der Waals surface area (Å²) in [5.74, 6) is 1.35. The van der Waals surface area contributed by atoms with E-state index in [0.717, 1.165) is 22.3 Å². The molecule has 0 bridgehead atoms. The van der Waals surface area contributed by atoms with Gasteiger partial charge >= 0.3 is 0 Å². The van der Waals surface area contributed by atoms with Gasteiger partial charge in [-0.05, 0) is 43.7 Å². The standard InChI is InChI=1S/C18H18O3/c1-12(2)20-15-9-7-13(8-10-15)18(19)17-11-14-5-3-4-6-16(14)21-17/h3-12,18-19H,1-2H3. The summed E-state index contributed by atoms with van der Waals surface area (Å²) in [6.45, 7) is 3.97. The minimum Gasteiger partial charge on any atom is -0.491 e. The van der Waals surface area contributed by atoms with Crippen molar-refractivity contribution in [1.82, 2.24) is 0 Å². The Kier molecular flexibility index (Phi) is 3.67. The zero-order valence-electron chi connectivity index (χ0n) is 12.1. The molecular weight excluding hydrogens is 264 g/mol. The lowest BCUT2D eigenvalue weighted by Gasteiger charge is -2.12. The number of benzene rings is 2. The topological polar surface area (TPSA) is 42.6 Å². The molecule has 1 N–H and O–H groups in total. The first-order valence-corrected chi connectivity index (χ1v) is 7.06. The number of aliphatic hydroxyl groups excluding tert-OH is 1. The Labute approximate surface area is 123 Å². The van der Waals surface area contributed by atoms with Gasteiger partial charge in [0.1, 0.15) is 23.2 Å². The van der Waals surface area contributed by atoms with Gasteiger partial charge < -0.3 is 14.3 Å². The van der Waals surface area contributed by atoms with Crippen LogP contribution in [0, 0.1) is 0 Å². The summed E-state index contributed by atoms with van der Waals surface area (Å²) in [4.78, 5) is 0. The molecule has 1 atom stereocenters. The van der Waals surface area contributed by atoms with E-state index in [1.54, 1.807) is 0 Å². The largest absolute Gasteiger partial charge is 0.491 e. The molecule has 1 aromatic heterocycles. The van der Waals surface area contributed by atoms with Crippen LogP contribution in [0.15, 0.2) is 59.0 Å². The van der Waals surface area contributed by atoms with Crippen LogP contribution in [0.3, 0.4) is 0 Å². The van der Waals surface area contributed by atoms with Crippen LogP contribution in [-0.2, 0) is 0 Å². The summed E-state index contributed by atoms with van der Waals surface area (Å²) in [5, 5.41) is 11.4. The van der Waals surface area contributed by atoms with Gasteiger partial charge in [-0.1, -0.05) is 30.3 Å². The molecule has 0 aliphatic heterocycles. The van der Waals surface area contributed by atoms with Crippen LogP contribution in [-0.4, -0.2) is 11.2 Å². The third kappa shape index (κ3) is 2.93. The summed E-state index contributed by atoms with van der Waals surface area (Å²) in [5.41, 5.74) is 1.57. The van der Waals surface area contributed by atoms with E-state index in [4.69, 9.17) is 9.15 Å². The maximum absolute atomic E-state index is 10.4. The van der Waals surface area contributed by atoms with E-state index in [1.165, 1.54) is 0 Å². The Bertz CT molecular complexity index is 693. The molecule has 0 radical (unpaired) electrons. The van der Waals surface area contributed by atoms with Crippen LogP contribution in [0.25, 0.3) is 11.0 Å². The van der Waals surface area contributed by atoms with E-state index in [2.05, 4.69) is 0 Å². The Hall–Kier alpha value is -2.26. The van der Waals surface area contributed by atoms with Crippen molar-refractivity contribution in [3.8, 4) is 5.75 Å². The molecule has 3 rings (SSSR count). The average molecular weight is 282 g/mol. The molecule has 2 aromatic carbocycles. The zero-order valence-corrected chi connectivity index (χ0v) is 12.1. The summed E-state index contributed by atoms with van der Waals surface area (Å²) in [6.07, 6.45) is -0.637. The monoisotopic (exact) mass is 282 g/mol. The van der Waals surface area contributed by atoms with Gasteiger partial charge in [-0.15, -0.1) is 0 Å². The molecule has 0 amide bonds. The van der Waals surface area contributed by atoms with Crippen molar-refractivity contribution in [2.75, 3.05) is 0 Å². The zero-order chi connectivity index (χ0) is 14.8. The molecule has 3 heteroatoms. The fourth-order valence-corrected chi connectivity index (χ4v) is 2.30. The number of rotatable bonds is 4. The van der Waals surface area contributed by atoms with Gasteiger partial charge in [-0.3, -0.25) is 0 Å². The Morgan fingerprint density at radius 3 is 2.38 bits per heavy atom. The number of aliphatic hydroxyl groups is 1. The van der Waals surface area contributed by atoms with Crippen molar-refractivity contribution in [2.24, 2.45) is 0 Å². The number of ether oxygens (including phenoxy) is 1. The van der Waals surface area contributed by atoms with Gasteiger partial charge in [0.2, 0.25) is 0 Å². The van der Waals surface area contributed by atoms with Crippen molar-refractivity contribution < 1.29 is 14.3 Å². The second-order valence-corrected chi connectivity index (χ2v) is 5.32. The predicted octanol–water partition coefficient (Wildman–Crippen LogP) is 4.30. The van der Waals surface area contributed by atoms with Crippen LogP contribution >= 0.6 is 0 Å². The minimum absolute atomic E-state index is 0.135. The SMILES string of the molecule is CC(C)Oc1ccc(C(O)c2cc3ccccc3o2)cc1. The van der Waals surface area contributed by atoms with Gasteiger partial charge in [-0.25, -0.2) is 0 Å². The van der Waals surface area contributed by atoms with Gasteiger partial charge in [0.25, 0.3) is 0 Å². The van der Waals surface area contributed by atoms with Crippen molar-refractivity contribution in [3.63, 3.8) is 0 Å². The van der Waals surface area contributed by atoms with E-state index in [-0.39, 0.29) is 6.10 Å². The van der Waals surface area contributed by atoms with E-state index in [0.29, 0.717) is 5.76 Å². The van der Waals surface area contributed by atoms with Gasteiger partial charge in [0.05, 0.1) is 6.10 Å². The number of furan rings is 1. The lowest BCUT2D eigenvalue weighted by molar-refractivity contribution is 0.192. The Morgan fingerprint density at radius 1 is 1.00 bits per heavy atom. The highest BCUT2D eigenvalue weighted by molar-refractivity contribution is 5.77. The van der Waals surface area contributed by atoms with Gasteiger partial charge in [0, 0.05) is 5.39 Å². The number of para-hydroxylation sites is 1. The minimum atomic E-state index is -0.773.